The molecule has 6 nitrogen and oxygen atoms in total. The van der Waals surface area contributed by atoms with Gasteiger partial charge >= 0.3 is 12.1 Å². The Balaban J connectivity index is 1.66. The van der Waals surface area contributed by atoms with Crippen LogP contribution in [-0.2, 0) is 11.3 Å². The topological polar surface area (TPSA) is 88.8 Å². The molecule has 6 heteroatoms. The number of carboxylic acid groups (broad SMARTS) is 1. The van der Waals surface area contributed by atoms with Crippen LogP contribution in [0.3, 0.4) is 0 Å². The van der Waals surface area contributed by atoms with Crippen LogP contribution in [0, 0.1) is 11.8 Å². The number of amides is 1. The summed E-state index contributed by atoms with van der Waals surface area (Å²) in [4.78, 5) is 22.1. The summed E-state index contributed by atoms with van der Waals surface area (Å²) in [6.45, 7) is 0.538. The number of ether oxygens (including phenoxy) is 1. The maximum atomic E-state index is 11.5. The van der Waals surface area contributed by atoms with Crippen molar-refractivity contribution in [3.8, 4) is 11.8 Å². The highest BCUT2D eigenvalue weighted by atomic mass is 16.5. The van der Waals surface area contributed by atoms with Crippen molar-refractivity contribution in [2.24, 2.45) is 0 Å². The van der Waals surface area contributed by atoms with Gasteiger partial charge in [0.05, 0.1) is 0 Å². The van der Waals surface area contributed by atoms with Crippen molar-refractivity contribution in [1.29, 1.82) is 0 Å². The zero-order chi connectivity index (χ0) is 16.5. The Bertz CT molecular complexity index is 724. The van der Waals surface area contributed by atoms with Gasteiger partial charge in [0, 0.05) is 13.0 Å². The fraction of sp³-hybridized carbons (Fsp3) is 0.176. The van der Waals surface area contributed by atoms with Crippen LogP contribution in [0.2, 0.25) is 0 Å². The molecule has 0 radical (unpaired) electrons. The SMILES string of the molecule is O=C(NCCC#Cc1ccc(C(=O)O)o1)OCc1ccccc1. The molecule has 2 N–H and O–H groups in total. The van der Waals surface area contributed by atoms with E-state index in [2.05, 4.69) is 17.2 Å². The Labute approximate surface area is 133 Å². The van der Waals surface area contributed by atoms with E-state index >= 15 is 0 Å². The second-order valence-electron chi connectivity index (χ2n) is 4.51. The van der Waals surface area contributed by atoms with Gasteiger partial charge in [-0.2, -0.15) is 0 Å². The molecular formula is C17H15NO5. The van der Waals surface area contributed by atoms with Crippen molar-refractivity contribution in [3.63, 3.8) is 0 Å². The maximum absolute atomic E-state index is 11.5. The Morgan fingerprint density at radius 2 is 1.96 bits per heavy atom. The maximum Gasteiger partial charge on any atom is 0.407 e. The smallest absolute Gasteiger partial charge is 0.407 e. The number of rotatable bonds is 5. The first-order chi connectivity index (χ1) is 11.1. The Morgan fingerprint density at radius 1 is 1.17 bits per heavy atom. The van der Waals surface area contributed by atoms with E-state index in [1.807, 2.05) is 30.3 Å². The Kier molecular flexibility index (Phi) is 5.83. The Morgan fingerprint density at radius 3 is 2.65 bits per heavy atom. The summed E-state index contributed by atoms with van der Waals surface area (Å²) in [5.41, 5.74) is 0.912. The predicted molar refractivity (Wildman–Crippen MR) is 81.8 cm³/mol. The minimum atomic E-state index is -1.14. The largest absolute Gasteiger partial charge is 0.475 e. The predicted octanol–water partition coefficient (Wildman–Crippen LogP) is 2.65. The van der Waals surface area contributed by atoms with E-state index in [0.717, 1.165) is 5.56 Å². The van der Waals surface area contributed by atoms with Gasteiger partial charge in [0.15, 0.2) is 5.76 Å². The van der Waals surface area contributed by atoms with Gasteiger partial charge in [0.1, 0.15) is 6.61 Å². The number of carboxylic acids is 1. The summed E-state index contributed by atoms with van der Waals surface area (Å²) in [6.07, 6.45) is -0.120. The molecule has 0 bridgehead atoms. The average Bonchev–Trinajstić information content (AvgIpc) is 3.03. The summed E-state index contributed by atoms with van der Waals surface area (Å²) in [6, 6.07) is 12.2. The van der Waals surface area contributed by atoms with Crippen molar-refractivity contribution in [2.75, 3.05) is 6.54 Å². The Hall–Kier alpha value is -3.20. The fourth-order valence-electron chi connectivity index (χ4n) is 1.67. The molecule has 1 aromatic heterocycles. The fourth-order valence-corrected chi connectivity index (χ4v) is 1.67. The minimum absolute atomic E-state index is 0.156. The van der Waals surface area contributed by atoms with E-state index in [0.29, 0.717) is 13.0 Å². The number of aromatic carboxylic acids is 1. The lowest BCUT2D eigenvalue weighted by atomic mass is 10.2. The zero-order valence-electron chi connectivity index (χ0n) is 12.2. The molecule has 0 aliphatic carbocycles. The summed E-state index contributed by atoms with van der Waals surface area (Å²) in [5.74, 6) is 4.43. The van der Waals surface area contributed by atoms with Gasteiger partial charge in [-0.05, 0) is 23.6 Å². The molecule has 1 amide bonds. The monoisotopic (exact) mass is 313 g/mol. The highest BCUT2D eigenvalue weighted by molar-refractivity contribution is 5.84. The van der Waals surface area contributed by atoms with Crippen molar-refractivity contribution in [2.45, 2.75) is 13.0 Å². The van der Waals surface area contributed by atoms with Crippen molar-refractivity contribution in [1.82, 2.24) is 5.32 Å². The molecule has 2 aromatic rings. The van der Waals surface area contributed by atoms with Gasteiger partial charge in [0.2, 0.25) is 5.76 Å². The number of carbonyl (C=O) groups is 2. The van der Waals surface area contributed by atoms with Gasteiger partial charge in [-0.15, -0.1) is 0 Å². The van der Waals surface area contributed by atoms with Crippen molar-refractivity contribution >= 4 is 12.1 Å². The van der Waals surface area contributed by atoms with Crippen LogP contribution in [0.15, 0.2) is 46.9 Å². The normalized spacial score (nSPS) is 9.57. The third-order valence-corrected chi connectivity index (χ3v) is 2.76. The second kappa shape index (κ2) is 8.29. The molecule has 0 aliphatic rings. The van der Waals surface area contributed by atoms with Crippen molar-refractivity contribution in [3.05, 3.63) is 59.5 Å². The lowest BCUT2D eigenvalue weighted by molar-refractivity contribution is 0.0661. The molecule has 0 atom stereocenters. The standard InChI is InChI=1S/C17H15NO5/c19-16(20)15-10-9-14(23-15)8-4-5-11-18-17(21)22-12-13-6-2-1-3-7-13/h1-3,6-7,9-10H,5,11-12H2,(H,18,21)(H,19,20). The number of hydrogen-bond donors (Lipinski definition) is 2. The molecule has 1 heterocycles. The first kappa shape index (κ1) is 16.2. The summed E-state index contributed by atoms with van der Waals surface area (Å²) >= 11 is 0. The minimum Gasteiger partial charge on any atom is -0.475 e. The molecule has 0 spiro atoms. The highest BCUT2D eigenvalue weighted by Crippen LogP contribution is 2.06. The first-order valence-corrected chi connectivity index (χ1v) is 6.91. The number of furan rings is 1. The molecule has 1 aromatic carbocycles. The molecular weight excluding hydrogens is 298 g/mol. The van der Waals surface area contributed by atoms with Gasteiger partial charge in [0.25, 0.3) is 0 Å². The number of alkyl carbamates (subject to hydrolysis) is 1. The van der Waals surface area contributed by atoms with Gasteiger partial charge < -0.3 is 19.6 Å². The molecule has 118 valence electrons. The third-order valence-electron chi connectivity index (χ3n) is 2.76. The summed E-state index contributed by atoms with van der Waals surface area (Å²) in [7, 11) is 0. The molecule has 0 saturated heterocycles. The third kappa shape index (κ3) is 5.59. The van der Waals surface area contributed by atoms with Gasteiger partial charge in [-0.1, -0.05) is 36.3 Å². The number of nitrogens with one attached hydrogen (secondary N) is 1. The quantitative estimate of drug-likeness (QED) is 0.654. The van der Waals surface area contributed by atoms with E-state index in [4.69, 9.17) is 14.3 Å². The molecule has 2 rings (SSSR count). The molecule has 23 heavy (non-hydrogen) atoms. The van der Waals surface area contributed by atoms with Crippen LogP contribution in [-0.4, -0.2) is 23.7 Å². The van der Waals surface area contributed by atoms with Gasteiger partial charge in [-0.3, -0.25) is 0 Å². The number of carbonyl (C=O) groups excluding carboxylic acids is 1. The molecule has 0 unspecified atom stereocenters. The number of hydrogen-bond acceptors (Lipinski definition) is 4. The number of benzene rings is 1. The lowest BCUT2D eigenvalue weighted by Crippen LogP contribution is -2.24. The second-order valence-corrected chi connectivity index (χ2v) is 4.51. The van der Waals surface area contributed by atoms with Crippen molar-refractivity contribution < 1.29 is 23.8 Å². The van der Waals surface area contributed by atoms with Crippen LogP contribution in [0.4, 0.5) is 4.79 Å². The van der Waals surface area contributed by atoms with Crippen LogP contribution in [0.5, 0.6) is 0 Å². The van der Waals surface area contributed by atoms with E-state index in [1.165, 1.54) is 12.1 Å². The molecule has 0 fully saturated rings. The lowest BCUT2D eigenvalue weighted by Gasteiger charge is -2.05. The highest BCUT2D eigenvalue weighted by Gasteiger charge is 2.06. The zero-order valence-corrected chi connectivity index (χ0v) is 12.2. The summed E-state index contributed by atoms with van der Waals surface area (Å²) < 4.78 is 10.0. The van der Waals surface area contributed by atoms with E-state index in [9.17, 15) is 9.59 Å². The summed E-state index contributed by atoms with van der Waals surface area (Å²) in [5, 5.41) is 11.3. The van der Waals surface area contributed by atoms with Crippen LogP contribution < -0.4 is 5.32 Å². The molecule has 0 saturated carbocycles. The van der Waals surface area contributed by atoms with Crippen LogP contribution in [0.1, 0.15) is 28.3 Å². The van der Waals surface area contributed by atoms with Crippen LogP contribution >= 0.6 is 0 Å². The first-order valence-electron chi connectivity index (χ1n) is 6.91. The van der Waals surface area contributed by atoms with E-state index in [1.54, 1.807) is 0 Å². The van der Waals surface area contributed by atoms with Crippen LogP contribution in [0.25, 0.3) is 0 Å². The molecule has 0 aliphatic heterocycles. The van der Waals surface area contributed by atoms with Gasteiger partial charge in [-0.25, -0.2) is 9.59 Å². The van der Waals surface area contributed by atoms with E-state index < -0.39 is 12.1 Å². The average molecular weight is 313 g/mol. The van der Waals surface area contributed by atoms with E-state index in [-0.39, 0.29) is 18.1 Å².